The van der Waals surface area contributed by atoms with Crippen molar-refractivity contribution in [3.05, 3.63) is 24.0 Å². The smallest absolute Gasteiger partial charge is 0.352 e. The molecule has 0 aromatic carbocycles. The second-order valence-corrected chi connectivity index (χ2v) is 2.38. The first kappa shape index (κ1) is 16.1. The molecule has 1 aromatic rings. The number of hydrogen-bond acceptors (Lipinski definition) is 2. The molecule has 0 aliphatic heterocycles. The largest absolute Gasteiger partial charge is 0.477 e. The van der Waals surface area contributed by atoms with Gasteiger partial charge in [-0.15, -0.1) is 6.42 Å². The summed E-state index contributed by atoms with van der Waals surface area (Å²) >= 11 is 0. The van der Waals surface area contributed by atoms with E-state index in [0.717, 1.165) is 0 Å². The van der Waals surface area contributed by atoms with E-state index in [1.807, 2.05) is 13.8 Å². The number of hydrogen-bond donors (Lipinski definition) is 3. The highest BCUT2D eigenvalue weighted by atomic mass is 31.0. The van der Waals surface area contributed by atoms with Gasteiger partial charge in [-0.25, -0.2) is 4.79 Å². The lowest BCUT2D eigenvalue weighted by molar-refractivity contribution is 0.0691. The summed E-state index contributed by atoms with van der Waals surface area (Å²) in [5.74, 6) is 1.46. The van der Waals surface area contributed by atoms with Gasteiger partial charge in [-0.2, -0.15) is 0 Å². The summed E-state index contributed by atoms with van der Waals surface area (Å²) in [6.07, 6.45) is 6.39. The second-order valence-electron chi connectivity index (χ2n) is 1.97. The molecule has 3 N–H and O–H groups in total. The molecule has 1 unspecified atom stereocenters. The van der Waals surface area contributed by atoms with Gasteiger partial charge in [0.25, 0.3) is 0 Å². The Morgan fingerprint density at radius 2 is 2.33 bits per heavy atom. The fourth-order valence-corrected chi connectivity index (χ4v) is 0.640. The van der Waals surface area contributed by atoms with Crippen molar-refractivity contribution in [3.8, 4) is 12.3 Å². The monoisotopic (exact) mass is 228 g/mol. The Bertz CT molecular complexity index is 278. The minimum atomic E-state index is -0.921. The number of carbonyl (C=O) groups is 1. The van der Waals surface area contributed by atoms with Gasteiger partial charge < -0.3 is 10.1 Å². The number of rotatable bonds is 2. The summed E-state index contributed by atoms with van der Waals surface area (Å²) in [6.45, 7) is 4.63. The van der Waals surface area contributed by atoms with Crippen molar-refractivity contribution in [1.29, 1.82) is 0 Å². The highest BCUT2D eigenvalue weighted by molar-refractivity contribution is 7.13. The summed E-state index contributed by atoms with van der Waals surface area (Å²) in [6, 6.07) is 3.14. The molecule has 0 saturated heterocycles. The average molecular weight is 228 g/mol. The van der Waals surface area contributed by atoms with Crippen molar-refractivity contribution in [2.75, 3.05) is 6.54 Å². The standard InChI is InChI=1S/C5H5NO2.C3H6NP.C2H6/c7-5(8)4-2-1-3-6-4;1-2-3-4-5;1-2/h1-3,6H,(H,7,8);1,4H,3,5H2;1-2H3. The van der Waals surface area contributed by atoms with E-state index in [9.17, 15) is 4.79 Å². The average Bonchev–Trinajstić information content (AvgIpc) is 2.76. The van der Waals surface area contributed by atoms with Crippen LogP contribution in [0.3, 0.4) is 0 Å². The normalized spacial score (nSPS) is 7.33. The van der Waals surface area contributed by atoms with Crippen molar-refractivity contribution in [3.63, 3.8) is 0 Å². The Morgan fingerprint density at radius 1 is 1.73 bits per heavy atom. The quantitative estimate of drug-likeness (QED) is 0.533. The first-order valence-electron chi connectivity index (χ1n) is 4.46. The Hall–Kier alpha value is -1.30. The zero-order chi connectivity index (χ0) is 12.1. The lowest BCUT2D eigenvalue weighted by Gasteiger charge is -1.80. The zero-order valence-corrected chi connectivity index (χ0v) is 10.1. The van der Waals surface area contributed by atoms with E-state index < -0.39 is 5.97 Å². The van der Waals surface area contributed by atoms with E-state index in [2.05, 4.69) is 25.4 Å². The number of aromatic carboxylic acids is 1. The third-order valence-electron chi connectivity index (χ3n) is 1.03. The molecule has 15 heavy (non-hydrogen) atoms. The van der Waals surface area contributed by atoms with Gasteiger partial charge in [0.1, 0.15) is 5.69 Å². The van der Waals surface area contributed by atoms with Gasteiger partial charge in [0.15, 0.2) is 0 Å². The molecular formula is C10H17N2O2P. The highest BCUT2D eigenvalue weighted by Gasteiger charge is 1.98. The SMILES string of the molecule is C#CCNP.CC.O=C(O)c1ccc[nH]1. The first-order chi connectivity index (χ1) is 7.22. The van der Waals surface area contributed by atoms with E-state index in [1.165, 1.54) is 6.07 Å². The minimum absolute atomic E-state index is 0.227. The lowest BCUT2D eigenvalue weighted by atomic mass is 10.4. The summed E-state index contributed by atoms with van der Waals surface area (Å²) in [7, 11) is 2.31. The highest BCUT2D eigenvalue weighted by Crippen LogP contribution is 1.91. The molecule has 0 radical (unpaired) electrons. The third-order valence-corrected chi connectivity index (χ3v) is 1.24. The third kappa shape index (κ3) is 10.6. The Morgan fingerprint density at radius 3 is 2.47 bits per heavy atom. The predicted octanol–water partition coefficient (Wildman–Crippen LogP) is 1.74. The van der Waals surface area contributed by atoms with Crippen LogP contribution in [0.4, 0.5) is 0 Å². The molecule has 0 aliphatic carbocycles. The Kier molecular flexibility index (Phi) is 13.7. The molecule has 1 atom stereocenters. The van der Waals surface area contributed by atoms with Gasteiger partial charge in [-0.05, 0) is 12.1 Å². The number of carboxylic acids is 1. The summed E-state index contributed by atoms with van der Waals surface area (Å²) in [4.78, 5) is 12.6. The van der Waals surface area contributed by atoms with E-state index >= 15 is 0 Å². The molecule has 0 spiro atoms. The van der Waals surface area contributed by atoms with Gasteiger partial charge in [0.05, 0.1) is 6.54 Å². The molecule has 5 heteroatoms. The van der Waals surface area contributed by atoms with Crippen LogP contribution in [0.15, 0.2) is 18.3 Å². The van der Waals surface area contributed by atoms with Crippen LogP contribution in [0.2, 0.25) is 0 Å². The van der Waals surface area contributed by atoms with Crippen LogP contribution in [0, 0.1) is 12.3 Å². The zero-order valence-electron chi connectivity index (χ0n) is 8.95. The summed E-state index contributed by atoms with van der Waals surface area (Å²) in [5.41, 5.74) is 0.227. The number of H-pyrrole nitrogens is 1. The predicted molar refractivity (Wildman–Crippen MR) is 65.6 cm³/mol. The molecule has 0 saturated carbocycles. The molecule has 1 rings (SSSR count). The molecule has 0 aliphatic rings. The van der Waals surface area contributed by atoms with Crippen molar-refractivity contribution in [2.24, 2.45) is 0 Å². The molecule has 1 aromatic heterocycles. The van der Waals surface area contributed by atoms with E-state index in [0.29, 0.717) is 6.54 Å². The maximum absolute atomic E-state index is 10.0. The van der Waals surface area contributed by atoms with Crippen LogP contribution in [-0.4, -0.2) is 22.6 Å². The molecule has 0 fully saturated rings. The number of terminal acetylenes is 1. The number of aromatic amines is 1. The van der Waals surface area contributed by atoms with Crippen molar-refractivity contribution < 1.29 is 9.90 Å². The molecular weight excluding hydrogens is 211 g/mol. The number of nitrogens with one attached hydrogen (secondary N) is 2. The lowest BCUT2D eigenvalue weighted by Crippen LogP contribution is -1.94. The van der Waals surface area contributed by atoms with Crippen molar-refractivity contribution in [1.82, 2.24) is 10.1 Å². The minimum Gasteiger partial charge on any atom is -0.477 e. The van der Waals surface area contributed by atoms with Crippen LogP contribution in [-0.2, 0) is 0 Å². The number of aromatic nitrogens is 1. The summed E-state index contributed by atoms with van der Waals surface area (Å²) < 4.78 is 0. The maximum Gasteiger partial charge on any atom is 0.352 e. The van der Waals surface area contributed by atoms with E-state index in [1.54, 1.807) is 12.3 Å². The Balaban J connectivity index is 0. The topological polar surface area (TPSA) is 65.1 Å². The van der Waals surface area contributed by atoms with Gasteiger partial charge in [-0.1, -0.05) is 29.2 Å². The molecule has 0 bridgehead atoms. The Labute approximate surface area is 92.7 Å². The fraction of sp³-hybridized carbons (Fsp3) is 0.300. The van der Waals surface area contributed by atoms with Gasteiger partial charge in [0.2, 0.25) is 0 Å². The summed E-state index contributed by atoms with van der Waals surface area (Å²) in [5, 5.41) is 10.9. The second kappa shape index (κ2) is 12.7. The van der Waals surface area contributed by atoms with Gasteiger partial charge >= 0.3 is 5.97 Å². The molecule has 4 nitrogen and oxygen atoms in total. The van der Waals surface area contributed by atoms with E-state index in [-0.39, 0.29) is 5.69 Å². The molecule has 84 valence electrons. The fourth-order valence-electron chi connectivity index (χ4n) is 0.522. The molecule has 0 amide bonds. The van der Waals surface area contributed by atoms with Crippen LogP contribution in [0.1, 0.15) is 24.3 Å². The van der Waals surface area contributed by atoms with Gasteiger partial charge in [0, 0.05) is 6.20 Å². The first-order valence-corrected chi connectivity index (χ1v) is 5.03. The maximum atomic E-state index is 10.0. The van der Waals surface area contributed by atoms with Crippen molar-refractivity contribution >= 4 is 15.4 Å². The van der Waals surface area contributed by atoms with Crippen molar-refractivity contribution in [2.45, 2.75) is 13.8 Å². The van der Waals surface area contributed by atoms with E-state index in [4.69, 9.17) is 11.5 Å². The van der Waals surface area contributed by atoms with Gasteiger partial charge in [-0.3, -0.25) is 5.09 Å². The molecule has 1 heterocycles. The number of carboxylic acid groups (broad SMARTS) is 1. The van der Waals surface area contributed by atoms with Crippen LogP contribution in [0.5, 0.6) is 0 Å². The van der Waals surface area contributed by atoms with Crippen LogP contribution < -0.4 is 5.09 Å². The van der Waals surface area contributed by atoms with Crippen LogP contribution >= 0.6 is 9.39 Å². The van der Waals surface area contributed by atoms with Crippen LogP contribution in [0.25, 0.3) is 0 Å².